The molecule has 1 fully saturated rings. The summed E-state index contributed by atoms with van der Waals surface area (Å²) in [7, 11) is 0. The predicted molar refractivity (Wildman–Crippen MR) is 116 cm³/mol. The zero-order valence-electron chi connectivity index (χ0n) is 17.5. The Kier molecular flexibility index (Phi) is 5.29. The number of anilines is 3. The molecule has 0 spiro atoms. The van der Waals surface area contributed by atoms with E-state index in [1.165, 1.54) is 12.1 Å². The molecule has 3 N–H and O–H groups in total. The zero-order valence-corrected chi connectivity index (χ0v) is 17.5. The van der Waals surface area contributed by atoms with Gasteiger partial charge in [0.05, 0.1) is 0 Å². The van der Waals surface area contributed by atoms with E-state index in [0.717, 1.165) is 17.0 Å². The standard InChI is InChI=1S/C22H18F5N7/c23-21(24)9-8-13(11-21)28-19-32-18(15-6-3-7-16(29-15)22(25,26)27)33-20(34-19)31-17-10-12-4-1-2-5-14(12)30-17/h1-7,10,13,30H,8-9,11H2,(H2,28,31,32,33,34). The molecule has 1 aliphatic rings. The van der Waals surface area contributed by atoms with Gasteiger partial charge in [-0.05, 0) is 30.7 Å². The quantitative estimate of drug-likeness (QED) is 0.317. The molecule has 4 aromatic rings. The van der Waals surface area contributed by atoms with E-state index in [4.69, 9.17) is 0 Å². The van der Waals surface area contributed by atoms with Crippen molar-refractivity contribution in [1.29, 1.82) is 0 Å². The van der Waals surface area contributed by atoms with E-state index in [1.54, 1.807) is 0 Å². The number of nitrogens with zero attached hydrogens (tertiary/aromatic N) is 4. The summed E-state index contributed by atoms with van der Waals surface area (Å²) in [4.78, 5) is 19.4. The summed E-state index contributed by atoms with van der Waals surface area (Å²) in [5.41, 5.74) is -0.373. The molecule has 34 heavy (non-hydrogen) atoms. The first-order chi connectivity index (χ1) is 16.1. The van der Waals surface area contributed by atoms with Crippen molar-refractivity contribution in [3.05, 3.63) is 54.2 Å². The largest absolute Gasteiger partial charge is 0.433 e. The second-order valence-electron chi connectivity index (χ2n) is 8.05. The van der Waals surface area contributed by atoms with Crippen LogP contribution in [-0.4, -0.2) is 36.9 Å². The van der Waals surface area contributed by atoms with Crippen LogP contribution in [-0.2, 0) is 6.18 Å². The lowest BCUT2D eigenvalue weighted by molar-refractivity contribution is -0.141. The third kappa shape index (κ3) is 4.75. The molecule has 176 valence electrons. The van der Waals surface area contributed by atoms with Gasteiger partial charge in [0, 0.05) is 29.8 Å². The van der Waals surface area contributed by atoms with Gasteiger partial charge in [0.25, 0.3) is 0 Å². The number of hydrogen-bond acceptors (Lipinski definition) is 6. The van der Waals surface area contributed by atoms with E-state index in [2.05, 4.69) is 35.6 Å². The average Bonchev–Trinajstić information content (AvgIpc) is 3.34. The number of rotatable bonds is 5. The number of nitrogens with one attached hydrogen (secondary N) is 3. The fourth-order valence-electron chi connectivity index (χ4n) is 3.85. The lowest BCUT2D eigenvalue weighted by atomic mass is 10.2. The van der Waals surface area contributed by atoms with Crippen LogP contribution in [0, 0.1) is 0 Å². The summed E-state index contributed by atoms with van der Waals surface area (Å²) in [5, 5.41) is 6.76. The Morgan fingerprint density at radius 2 is 1.74 bits per heavy atom. The van der Waals surface area contributed by atoms with Crippen molar-refractivity contribution in [1.82, 2.24) is 24.9 Å². The normalized spacial score (nSPS) is 17.7. The summed E-state index contributed by atoms with van der Waals surface area (Å²) >= 11 is 0. The highest BCUT2D eigenvalue weighted by molar-refractivity contribution is 5.84. The van der Waals surface area contributed by atoms with Gasteiger partial charge in [-0.2, -0.15) is 28.1 Å². The van der Waals surface area contributed by atoms with Crippen LogP contribution in [0.2, 0.25) is 0 Å². The highest BCUT2D eigenvalue weighted by Gasteiger charge is 2.39. The third-order valence-electron chi connectivity index (χ3n) is 5.42. The van der Waals surface area contributed by atoms with Crippen LogP contribution in [0.3, 0.4) is 0 Å². The Morgan fingerprint density at radius 1 is 0.941 bits per heavy atom. The van der Waals surface area contributed by atoms with Gasteiger partial charge in [0.2, 0.25) is 17.8 Å². The van der Waals surface area contributed by atoms with E-state index in [1.807, 2.05) is 30.3 Å². The SMILES string of the molecule is FC1(F)CCC(Nc2nc(Nc3cc4ccccc4[nH]3)nc(-c3cccc(C(F)(F)F)n3)n2)C1. The van der Waals surface area contributed by atoms with Crippen molar-refractivity contribution < 1.29 is 22.0 Å². The van der Waals surface area contributed by atoms with E-state index < -0.39 is 23.8 Å². The molecule has 1 atom stereocenters. The molecule has 3 aromatic heterocycles. The summed E-state index contributed by atoms with van der Waals surface area (Å²) in [6.45, 7) is 0. The fourth-order valence-corrected chi connectivity index (χ4v) is 3.85. The fraction of sp³-hybridized carbons (Fsp3) is 0.273. The monoisotopic (exact) mass is 475 g/mol. The molecule has 5 rings (SSSR count). The maximum Gasteiger partial charge on any atom is 0.433 e. The number of para-hydroxylation sites is 1. The summed E-state index contributed by atoms with van der Waals surface area (Å²) < 4.78 is 66.8. The van der Waals surface area contributed by atoms with Crippen molar-refractivity contribution in [2.45, 2.75) is 37.4 Å². The second kappa shape index (κ2) is 8.19. The van der Waals surface area contributed by atoms with Gasteiger partial charge >= 0.3 is 6.18 Å². The number of aromatic nitrogens is 5. The van der Waals surface area contributed by atoms with E-state index in [-0.39, 0.29) is 42.7 Å². The van der Waals surface area contributed by atoms with Gasteiger partial charge in [-0.3, -0.25) is 0 Å². The number of fused-ring (bicyclic) bond motifs is 1. The van der Waals surface area contributed by atoms with Crippen LogP contribution in [0.4, 0.5) is 39.7 Å². The molecule has 7 nitrogen and oxygen atoms in total. The highest BCUT2D eigenvalue weighted by atomic mass is 19.4. The predicted octanol–water partition coefficient (Wildman–Crippen LogP) is 5.78. The molecule has 0 aliphatic heterocycles. The van der Waals surface area contributed by atoms with Crippen LogP contribution in [0.5, 0.6) is 0 Å². The number of halogens is 5. The molecular formula is C22H18F5N7. The van der Waals surface area contributed by atoms with E-state index >= 15 is 0 Å². The number of aromatic amines is 1. The maximum absolute atomic E-state index is 13.6. The molecule has 3 heterocycles. The second-order valence-corrected chi connectivity index (χ2v) is 8.05. The first kappa shape index (κ1) is 22.0. The molecular weight excluding hydrogens is 457 g/mol. The summed E-state index contributed by atoms with van der Waals surface area (Å²) in [6, 6.07) is 12.1. The molecule has 1 saturated carbocycles. The number of hydrogen-bond donors (Lipinski definition) is 3. The molecule has 0 amide bonds. The van der Waals surface area contributed by atoms with Crippen LogP contribution >= 0.6 is 0 Å². The van der Waals surface area contributed by atoms with Crippen LogP contribution < -0.4 is 10.6 Å². The Labute approximate surface area is 189 Å². The molecule has 1 unspecified atom stereocenters. The minimum absolute atomic E-state index is 0.0167. The van der Waals surface area contributed by atoms with Gasteiger partial charge in [-0.25, -0.2) is 13.8 Å². The molecule has 0 saturated heterocycles. The van der Waals surface area contributed by atoms with Gasteiger partial charge in [-0.15, -0.1) is 0 Å². The van der Waals surface area contributed by atoms with E-state index in [0.29, 0.717) is 5.82 Å². The minimum Gasteiger partial charge on any atom is -0.351 e. The Balaban J connectivity index is 1.51. The van der Waals surface area contributed by atoms with Crippen LogP contribution in [0.25, 0.3) is 22.4 Å². The first-order valence-corrected chi connectivity index (χ1v) is 10.4. The molecule has 1 aliphatic carbocycles. The zero-order chi connectivity index (χ0) is 23.9. The van der Waals surface area contributed by atoms with Crippen molar-refractivity contribution in [2.24, 2.45) is 0 Å². The number of alkyl halides is 5. The Bertz CT molecular complexity index is 1300. The average molecular weight is 475 g/mol. The van der Waals surface area contributed by atoms with Crippen molar-refractivity contribution in [3.63, 3.8) is 0 Å². The van der Waals surface area contributed by atoms with Gasteiger partial charge in [0.1, 0.15) is 17.2 Å². The number of benzene rings is 1. The Morgan fingerprint density at radius 3 is 2.47 bits per heavy atom. The van der Waals surface area contributed by atoms with Gasteiger partial charge < -0.3 is 15.6 Å². The minimum atomic E-state index is -4.65. The van der Waals surface area contributed by atoms with Crippen LogP contribution in [0.1, 0.15) is 25.0 Å². The molecule has 12 heteroatoms. The third-order valence-corrected chi connectivity index (χ3v) is 5.42. The Hall–Kier alpha value is -3.83. The lowest BCUT2D eigenvalue weighted by Gasteiger charge is -2.14. The van der Waals surface area contributed by atoms with Gasteiger partial charge in [0.15, 0.2) is 5.82 Å². The van der Waals surface area contributed by atoms with Crippen molar-refractivity contribution >= 4 is 28.6 Å². The maximum atomic E-state index is 13.6. The first-order valence-electron chi connectivity index (χ1n) is 10.4. The molecule has 0 bridgehead atoms. The highest BCUT2D eigenvalue weighted by Crippen LogP contribution is 2.36. The van der Waals surface area contributed by atoms with Crippen molar-refractivity contribution in [2.75, 3.05) is 10.6 Å². The smallest absolute Gasteiger partial charge is 0.351 e. The molecule has 1 aromatic carbocycles. The number of pyridine rings is 1. The van der Waals surface area contributed by atoms with Crippen molar-refractivity contribution in [3.8, 4) is 11.5 Å². The molecule has 0 radical (unpaired) electrons. The van der Waals surface area contributed by atoms with Gasteiger partial charge in [-0.1, -0.05) is 24.3 Å². The van der Waals surface area contributed by atoms with Crippen LogP contribution in [0.15, 0.2) is 48.5 Å². The van der Waals surface area contributed by atoms with E-state index in [9.17, 15) is 22.0 Å². The number of H-pyrrole nitrogens is 1. The topological polar surface area (TPSA) is 91.4 Å². The lowest BCUT2D eigenvalue weighted by Crippen LogP contribution is -2.21. The summed E-state index contributed by atoms with van der Waals surface area (Å²) in [6.07, 6.45) is -5.09. The summed E-state index contributed by atoms with van der Waals surface area (Å²) in [5.74, 6) is -2.41.